The minimum Gasteiger partial charge on any atom is -0.491 e. The Bertz CT molecular complexity index is 779. The summed E-state index contributed by atoms with van der Waals surface area (Å²) in [5.41, 5.74) is 2.31. The molecule has 0 radical (unpaired) electrons. The molecular formula is C22H27NO4. The van der Waals surface area contributed by atoms with Gasteiger partial charge in [-0.25, -0.2) is 0 Å². The van der Waals surface area contributed by atoms with Crippen LogP contribution in [0.2, 0.25) is 0 Å². The molecule has 2 atom stereocenters. The maximum absolute atomic E-state index is 10.5. The molecule has 1 saturated heterocycles. The van der Waals surface area contributed by atoms with E-state index in [0.29, 0.717) is 32.4 Å². The largest absolute Gasteiger partial charge is 0.491 e. The first-order valence-corrected chi connectivity index (χ1v) is 9.71. The Morgan fingerprint density at radius 2 is 1.96 bits per heavy atom. The molecule has 27 heavy (non-hydrogen) atoms. The molecule has 2 unspecified atom stereocenters. The number of rotatable bonds is 6. The molecule has 0 aromatic heterocycles. The Morgan fingerprint density at radius 1 is 1.15 bits per heavy atom. The molecule has 2 aromatic carbocycles. The van der Waals surface area contributed by atoms with Crippen LogP contribution in [0.4, 0.5) is 0 Å². The lowest BCUT2D eigenvalue weighted by Crippen LogP contribution is -2.35. The minimum absolute atomic E-state index is 0.300. The molecule has 144 valence electrons. The molecule has 1 N–H and O–H groups in total. The van der Waals surface area contributed by atoms with Crippen molar-refractivity contribution in [2.45, 2.75) is 31.9 Å². The summed E-state index contributed by atoms with van der Waals surface area (Å²) in [5, 5.41) is 10.5. The fourth-order valence-electron chi connectivity index (χ4n) is 3.92. The van der Waals surface area contributed by atoms with Gasteiger partial charge in [0.15, 0.2) is 11.5 Å². The number of β-amino-alcohol motifs (C(OH)–C–C–N with tert-alkyl or cyclic N) is 1. The van der Waals surface area contributed by atoms with Crippen LogP contribution in [0.15, 0.2) is 42.5 Å². The number of hydrogen-bond donors (Lipinski definition) is 1. The van der Waals surface area contributed by atoms with E-state index in [1.54, 1.807) is 0 Å². The van der Waals surface area contributed by atoms with Crippen LogP contribution >= 0.6 is 0 Å². The number of aliphatic hydroxyl groups excluding tert-OH is 1. The molecule has 4 rings (SSSR count). The maximum atomic E-state index is 10.5. The molecular weight excluding hydrogens is 342 g/mol. The first-order valence-electron chi connectivity index (χ1n) is 9.71. The third kappa shape index (κ3) is 4.20. The van der Waals surface area contributed by atoms with Gasteiger partial charge >= 0.3 is 0 Å². The Balaban J connectivity index is 1.37. The second-order valence-corrected chi connectivity index (χ2v) is 7.29. The summed E-state index contributed by atoms with van der Waals surface area (Å²) in [7, 11) is 0. The average Bonchev–Trinajstić information content (AvgIpc) is 3.15. The van der Waals surface area contributed by atoms with Gasteiger partial charge in [0.25, 0.3) is 0 Å². The highest BCUT2D eigenvalue weighted by molar-refractivity contribution is 5.44. The standard InChI is InChI=1S/C22H27NO4/c1-16-5-2-3-7-20(16)27-15-18(24)14-23-10-4-6-19(23)17-8-9-21-22(13-17)26-12-11-25-21/h2-3,5,7-9,13,18-19,24H,4,6,10-12,14-15H2,1H3. The van der Waals surface area contributed by atoms with Crippen molar-refractivity contribution < 1.29 is 19.3 Å². The lowest BCUT2D eigenvalue weighted by Gasteiger charge is -2.28. The van der Waals surface area contributed by atoms with Crippen LogP contribution in [0, 0.1) is 6.92 Å². The lowest BCUT2D eigenvalue weighted by atomic mass is 10.0. The predicted molar refractivity (Wildman–Crippen MR) is 104 cm³/mol. The van der Waals surface area contributed by atoms with E-state index < -0.39 is 6.10 Å². The third-order valence-electron chi connectivity index (χ3n) is 5.28. The molecule has 0 saturated carbocycles. The molecule has 0 spiro atoms. The Kier molecular flexibility index (Phi) is 5.50. The molecule has 5 nitrogen and oxygen atoms in total. The van der Waals surface area contributed by atoms with Gasteiger partial charge < -0.3 is 19.3 Å². The van der Waals surface area contributed by atoms with Crippen molar-refractivity contribution in [3.8, 4) is 17.2 Å². The number of aryl methyl sites for hydroxylation is 1. The van der Waals surface area contributed by atoms with Crippen LogP contribution in [-0.2, 0) is 0 Å². The molecule has 0 amide bonds. The summed E-state index contributed by atoms with van der Waals surface area (Å²) in [5.74, 6) is 2.48. The Labute approximate surface area is 160 Å². The van der Waals surface area contributed by atoms with Crippen LogP contribution in [0.1, 0.15) is 30.0 Å². The second-order valence-electron chi connectivity index (χ2n) is 7.29. The highest BCUT2D eigenvalue weighted by Gasteiger charge is 2.29. The number of likely N-dealkylation sites (tertiary alicyclic amines) is 1. The smallest absolute Gasteiger partial charge is 0.161 e. The van der Waals surface area contributed by atoms with Gasteiger partial charge in [0.05, 0.1) is 0 Å². The number of ether oxygens (including phenoxy) is 3. The number of hydrogen-bond acceptors (Lipinski definition) is 5. The summed E-state index contributed by atoms with van der Waals surface area (Å²) in [6, 6.07) is 14.4. The van der Waals surface area contributed by atoms with E-state index in [4.69, 9.17) is 14.2 Å². The van der Waals surface area contributed by atoms with Gasteiger partial charge in [-0.1, -0.05) is 24.3 Å². The van der Waals surface area contributed by atoms with Gasteiger partial charge in [-0.2, -0.15) is 0 Å². The third-order valence-corrected chi connectivity index (χ3v) is 5.28. The zero-order chi connectivity index (χ0) is 18.6. The number of benzene rings is 2. The summed E-state index contributed by atoms with van der Waals surface area (Å²) >= 11 is 0. The van der Waals surface area contributed by atoms with E-state index in [1.807, 2.05) is 37.3 Å². The summed E-state index contributed by atoms with van der Waals surface area (Å²) in [4.78, 5) is 2.34. The SMILES string of the molecule is Cc1ccccc1OCC(O)CN1CCCC1c1ccc2c(c1)OCCO2. The topological polar surface area (TPSA) is 51.2 Å². The monoisotopic (exact) mass is 369 g/mol. The Hall–Kier alpha value is -2.24. The van der Waals surface area contributed by atoms with Gasteiger partial charge in [0.1, 0.15) is 31.7 Å². The van der Waals surface area contributed by atoms with Crippen LogP contribution in [-0.4, -0.2) is 49.0 Å². The zero-order valence-electron chi connectivity index (χ0n) is 15.8. The molecule has 2 aliphatic rings. The van der Waals surface area contributed by atoms with Gasteiger partial charge in [0.2, 0.25) is 0 Å². The molecule has 0 bridgehead atoms. The van der Waals surface area contributed by atoms with E-state index in [-0.39, 0.29) is 0 Å². The van der Waals surface area contributed by atoms with Crippen molar-refractivity contribution in [1.82, 2.24) is 4.90 Å². The van der Waals surface area contributed by atoms with E-state index in [2.05, 4.69) is 17.0 Å². The van der Waals surface area contributed by atoms with Crippen LogP contribution in [0.5, 0.6) is 17.2 Å². The number of aliphatic hydroxyl groups is 1. The lowest BCUT2D eigenvalue weighted by molar-refractivity contribution is 0.0635. The number of fused-ring (bicyclic) bond motifs is 1. The Morgan fingerprint density at radius 3 is 2.81 bits per heavy atom. The second kappa shape index (κ2) is 8.19. The molecule has 2 aromatic rings. The molecule has 2 heterocycles. The van der Waals surface area contributed by atoms with Gasteiger partial charge in [-0.3, -0.25) is 4.90 Å². The van der Waals surface area contributed by atoms with Crippen molar-refractivity contribution in [3.05, 3.63) is 53.6 Å². The fourth-order valence-corrected chi connectivity index (χ4v) is 3.92. The predicted octanol–water partition coefficient (Wildman–Crippen LogP) is 3.34. The van der Waals surface area contributed by atoms with E-state index in [9.17, 15) is 5.11 Å². The zero-order valence-corrected chi connectivity index (χ0v) is 15.8. The van der Waals surface area contributed by atoms with E-state index in [1.165, 1.54) is 5.56 Å². The van der Waals surface area contributed by atoms with Crippen molar-refractivity contribution in [2.24, 2.45) is 0 Å². The average molecular weight is 369 g/mol. The highest BCUT2D eigenvalue weighted by atomic mass is 16.6. The quantitative estimate of drug-likeness (QED) is 0.846. The number of nitrogens with zero attached hydrogens (tertiary/aromatic N) is 1. The summed E-state index contributed by atoms with van der Waals surface area (Å²) < 4.78 is 17.2. The van der Waals surface area contributed by atoms with Crippen LogP contribution < -0.4 is 14.2 Å². The van der Waals surface area contributed by atoms with Crippen molar-refractivity contribution in [3.63, 3.8) is 0 Å². The first kappa shape index (κ1) is 18.1. The minimum atomic E-state index is -0.526. The molecule has 1 fully saturated rings. The first-order chi connectivity index (χ1) is 13.2. The van der Waals surface area contributed by atoms with Crippen molar-refractivity contribution >= 4 is 0 Å². The summed E-state index contributed by atoms with van der Waals surface area (Å²) in [6.45, 7) is 5.11. The van der Waals surface area contributed by atoms with Crippen LogP contribution in [0.3, 0.4) is 0 Å². The van der Waals surface area contributed by atoms with Gasteiger partial charge in [-0.05, 0) is 55.6 Å². The van der Waals surface area contributed by atoms with E-state index >= 15 is 0 Å². The van der Waals surface area contributed by atoms with Crippen molar-refractivity contribution in [2.75, 3.05) is 32.9 Å². The van der Waals surface area contributed by atoms with Crippen molar-refractivity contribution in [1.29, 1.82) is 0 Å². The van der Waals surface area contributed by atoms with Gasteiger partial charge in [0, 0.05) is 12.6 Å². The highest BCUT2D eigenvalue weighted by Crippen LogP contribution is 2.38. The summed E-state index contributed by atoms with van der Waals surface area (Å²) in [6.07, 6.45) is 1.69. The molecule has 5 heteroatoms. The molecule has 0 aliphatic carbocycles. The van der Waals surface area contributed by atoms with Crippen LogP contribution in [0.25, 0.3) is 0 Å². The fraction of sp³-hybridized carbons (Fsp3) is 0.455. The number of para-hydroxylation sites is 1. The van der Waals surface area contributed by atoms with Gasteiger partial charge in [-0.15, -0.1) is 0 Å². The normalized spacial score (nSPS) is 20.4. The van der Waals surface area contributed by atoms with E-state index in [0.717, 1.165) is 42.2 Å². The molecule has 2 aliphatic heterocycles. The maximum Gasteiger partial charge on any atom is 0.161 e.